The van der Waals surface area contributed by atoms with Crippen molar-refractivity contribution < 1.29 is 13.2 Å². The lowest BCUT2D eigenvalue weighted by atomic mass is 10.1. The van der Waals surface area contributed by atoms with Gasteiger partial charge in [-0.3, -0.25) is 9.52 Å². The first-order valence-corrected chi connectivity index (χ1v) is 10.3. The van der Waals surface area contributed by atoms with Crippen LogP contribution in [0, 0.1) is 6.92 Å². The summed E-state index contributed by atoms with van der Waals surface area (Å²) in [6.07, 6.45) is 4.44. The van der Waals surface area contributed by atoms with Crippen LogP contribution in [0.5, 0.6) is 0 Å². The lowest BCUT2D eigenvalue weighted by molar-refractivity contribution is 0.0735. The van der Waals surface area contributed by atoms with Crippen molar-refractivity contribution in [2.45, 2.75) is 43.5 Å². The van der Waals surface area contributed by atoms with E-state index in [9.17, 15) is 13.2 Å². The van der Waals surface area contributed by atoms with Crippen molar-refractivity contribution in [3.8, 4) is 0 Å². The molecule has 1 aliphatic carbocycles. The molecule has 138 valence electrons. The van der Waals surface area contributed by atoms with E-state index in [0.29, 0.717) is 17.3 Å². The summed E-state index contributed by atoms with van der Waals surface area (Å²) in [4.78, 5) is 14.6. The van der Waals surface area contributed by atoms with E-state index in [-0.39, 0.29) is 10.8 Å². The second-order valence-electron chi connectivity index (χ2n) is 6.85. The average molecular weight is 372 g/mol. The van der Waals surface area contributed by atoms with Gasteiger partial charge in [0.05, 0.1) is 4.90 Å². The summed E-state index contributed by atoms with van der Waals surface area (Å²) in [7, 11) is -1.80. The fourth-order valence-electron chi connectivity index (χ4n) is 3.27. The van der Waals surface area contributed by atoms with Crippen LogP contribution in [0.4, 0.5) is 5.69 Å². The Bertz CT molecular complexity index is 868. The second-order valence-corrected chi connectivity index (χ2v) is 8.53. The zero-order valence-electron chi connectivity index (χ0n) is 15.1. The molecule has 1 saturated carbocycles. The quantitative estimate of drug-likeness (QED) is 0.868. The first-order valence-electron chi connectivity index (χ1n) is 8.83. The Hall–Kier alpha value is -2.34. The average Bonchev–Trinajstić information content (AvgIpc) is 3.16. The Morgan fingerprint density at radius 3 is 2.15 bits per heavy atom. The second kappa shape index (κ2) is 7.50. The van der Waals surface area contributed by atoms with Crippen molar-refractivity contribution in [3.63, 3.8) is 0 Å². The maximum atomic E-state index is 12.6. The van der Waals surface area contributed by atoms with Crippen LogP contribution in [-0.2, 0) is 10.0 Å². The Labute approximate surface area is 155 Å². The van der Waals surface area contributed by atoms with Crippen molar-refractivity contribution in [2.24, 2.45) is 0 Å². The third-order valence-corrected chi connectivity index (χ3v) is 6.31. The smallest absolute Gasteiger partial charge is 0.261 e. The Morgan fingerprint density at radius 1 is 1.00 bits per heavy atom. The molecule has 3 rings (SSSR count). The molecule has 0 unspecified atom stereocenters. The number of carbonyl (C=O) groups is 1. The number of anilines is 1. The minimum Gasteiger partial charge on any atom is -0.339 e. The largest absolute Gasteiger partial charge is 0.339 e. The number of amides is 1. The molecular weight excluding hydrogens is 348 g/mol. The number of hydrogen-bond acceptors (Lipinski definition) is 3. The van der Waals surface area contributed by atoms with Crippen molar-refractivity contribution in [2.75, 3.05) is 11.8 Å². The van der Waals surface area contributed by atoms with E-state index in [1.807, 2.05) is 14.0 Å². The Morgan fingerprint density at radius 2 is 1.58 bits per heavy atom. The maximum absolute atomic E-state index is 12.6. The van der Waals surface area contributed by atoms with Crippen molar-refractivity contribution in [1.29, 1.82) is 0 Å². The van der Waals surface area contributed by atoms with Crippen LogP contribution in [0.15, 0.2) is 53.4 Å². The molecule has 1 amide bonds. The summed E-state index contributed by atoms with van der Waals surface area (Å²) < 4.78 is 27.4. The number of nitrogens with one attached hydrogen (secondary N) is 1. The van der Waals surface area contributed by atoms with Crippen LogP contribution in [0.3, 0.4) is 0 Å². The molecule has 0 radical (unpaired) electrons. The molecule has 0 atom stereocenters. The highest BCUT2D eigenvalue weighted by atomic mass is 32.2. The van der Waals surface area contributed by atoms with E-state index in [2.05, 4.69) is 4.72 Å². The van der Waals surface area contributed by atoms with E-state index in [4.69, 9.17) is 0 Å². The van der Waals surface area contributed by atoms with Crippen LogP contribution in [0.25, 0.3) is 0 Å². The molecule has 1 fully saturated rings. The van der Waals surface area contributed by atoms with E-state index in [0.717, 1.165) is 18.4 Å². The molecule has 0 bridgehead atoms. The van der Waals surface area contributed by atoms with E-state index < -0.39 is 10.0 Å². The highest BCUT2D eigenvalue weighted by Crippen LogP contribution is 2.24. The van der Waals surface area contributed by atoms with Gasteiger partial charge < -0.3 is 4.90 Å². The molecule has 1 N–H and O–H groups in total. The molecule has 0 aromatic heterocycles. The van der Waals surface area contributed by atoms with Gasteiger partial charge in [-0.25, -0.2) is 8.42 Å². The number of nitrogens with zero attached hydrogens (tertiary/aromatic N) is 1. The molecule has 5 nitrogen and oxygen atoms in total. The van der Waals surface area contributed by atoms with Crippen molar-refractivity contribution in [3.05, 3.63) is 59.7 Å². The standard InChI is InChI=1S/C20H24N2O3S/c1-15-7-13-19(14-8-15)26(24,25)21-17-11-9-16(10-12-17)20(23)22(2)18-5-3-4-6-18/h7-14,18,21H,3-6H2,1-2H3. The topological polar surface area (TPSA) is 66.5 Å². The molecule has 2 aromatic rings. The van der Waals surface area contributed by atoms with Gasteiger partial charge in [-0.05, 0) is 56.2 Å². The van der Waals surface area contributed by atoms with E-state index in [1.165, 1.54) is 12.8 Å². The Kier molecular flexibility index (Phi) is 5.32. The van der Waals surface area contributed by atoms with Gasteiger partial charge in [-0.15, -0.1) is 0 Å². The summed E-state index contributed by atoms with van der Waals surface area (Å²) in [6.45, 7) is 1.90. The third-order valence-electron chi connectivity index (χ3n) is 4.91. The highest BCUT2D eigenvalue weighted by molar-refractivity contribution is 7.92. The summed E-state index contributed by atoms with van der Waals surface area (Å²) in [6, 6.07) is 13.6. The predicted molar refractivity (Wildman–Crippen MR) is 103 cm³/mol. The van der Waals surface area contributed by atoms with Crippen LogP contribution in [0.1, 0.15) is 41.6 Å². The molecule has 0 heterocycles. The first-order chi connectivity index (χ1) is 12.4. The lowest BCUT2D eigenvalue weighted by Gasteiger charge is -2.24. The summed E-state index contributed by atoms with van der Waals surface area (Å²) in [5.41, 5.74) is 2.00. The van der Waals surface area contributed by atoms with Crippen molar-refractivity contribution >= 4 is 21.6 Å². The predicted octanol–water partition coefficient (Wildman–Crippen LogP) is 3.81. The summed E-state index contributed by atoms with van der Waals surface area (Å²) >= 11 is 0. The number of carbonyl (C=O) groups excluding carboxylic acids is 1. The number of sulfonamides is 1. The van der Waals surface area contributed by atoms with Crippen LogP contribution in [-0.4, -0.2) is 32.3 Å². The van der Waals surface area contributed by atoms with Gasteiger partial charge in [-0.1, -0.05) is 30.5 Å². The van der Waals surface area contributed by atoms with Gasteiger partial charge in [-0.2, -0.15) is 0 Å². The zero-order valence-corrected chi connectivity index (χ0v) is 15.9. The highest BCUT2D eigenvalue weighted by Gasteiger charge is 2.24. The van der Waals surface area contributed by atoms with Crippen molar-refractivity contribution in [1.82, 2.24) is 4.90 Å². The minimum absolute atomic E-state index is 0.0233. The fourth-order valence-corrected chi connectivity index (χ4v) is 4.33. The van der Waals surface area contributed by atoms with Gasteiger partial charge in [0.2, 0.25) is 0 Å². The zero-order chi connectivity index (χ0) is 18.7. The van der Waals surface area contributed by atoms with Gasteiger partial charge in [0, 0.05) is 24.3 Å². The molecule has 1 aliphatic rings. The maximum Gasteiger partial charge on any atom is 0.261 e. The normalized spacial score (nSPS) is 15.0. The molecule has 0 aliphatic heterocycles. The van der Waals surface area contributed by atoms with Gasteiger partial charge in [0.1, 0.15) is 0 Å². The van der Waals surface area contributed by atoms with Gasteiger partial charge >= 0.3 is 0 Å². The minimum atomic E-state index is -3.64. The number of benzene rings is 2. The van der Waals surface area contributed by atoms with E-state index in [1.54, 1.807) is 53.4 Å². The lowest BCUT2D eigenvalue weighted by Crippen LogP contribution is -2.35. The number of hydrogen-bond donors (Lipinski definition) is 1. The number of aryl methyl sites for hydroxylation is 1. The molecule has 0 spiro atoms. The molecule has 2 aromatic carbocycles. The third kappa shape index (κ3) is 4.07. The SMILES string of the molecule is Cc1ccc(S(=O)(=O)Nc2ccc(C(=O)N(C)C3CCCC3)cc2)cc1. The molecule has 0 saturated heterocycles. The summed E-state index contributed by atoms with van der Waals surface area (Å²) in [5, 5.41) is 0. The first kappa shape index (κ1) is 18.5. The van der Waals surface area contributed by atoms with Crippen LogP contribution < -0.4 is 4.72 Å². The molecule has 6 heteroatoms. The fraction of sp³-hybridized carbons (Fsp3) is 0.350. The monoisotopic (exact) mass is 372 g/mol. The van der Waals surface area contributed by atoms with Crippen LogP contribution >= 0.6 is 0 Å². The van der Waals surface area contributed by atoms with E-state index >= 15 is 0 Å². The Balaban J connectivity index is 1.71. The molecule has 26 heavy (non-hydrogen) atoms. The number of rotatable bonds is 5. The van der Waals surface area contributed by atoms with Gasteiger partial charge in [0.15, 0.2) is 0 Å². The summed E-state index contributed by atoms with van der Waals surface area (Å²) in [5.74, 6) is -0.0233. The van der Waals surface area contributed by atoms with Gasteiger partial charge in [0.25, 0.3) is 15.9 Å². The molecular formula is C20H24N2O3S. The van der Waals surface area contributed by atoms with Crippen LogP contribution in [0.2, 0.25) is 0 Å².